The van der Waals surface area contributed by atoms with Gasteiger partial charge in [-0.25, -0.2) is 9.97 Å². The van der Waals surface area contributed by atoms with Crippen molar-refractivity contribution in [2.75, 3.05) is 0 Å². The van der Waals surface area contributed by atoms with Gasteiger partial charge in [0.25, 0.3) is 0 Å². The van der Waals surface area contributed by atoms with Crippen LogP contribution in [0.15, 0.2) is 192 Å². The van der Waals surface area contributed by atoms with Gasteiger partial charge in [0.1, 0.15) is 11.2 Å². The fraction of sp³-hybridized carbons (Fsp3) is 0.0385. The molecule has 0 saturated heterocycles. The van der Waals surface area contributed by atoms with Gasteiger partial charge in [0.2, 0.25) is 0 Å². The number of rotatable bonds is 5. The molecule has 1 aliphatic rings. The van der Waals surface area contributed by atoms with Gasteiger partial charge in [0, 0.05) is 32.9 Å². The third kappa shape index (κ3) is 4.83. The molecule has 10 aromatic rings. The highest BCUT2D eigenvalue weighted by Gasteiger charge is 2.41. The van der Waals surface area contributed by atoms with E-state index in [-0.39, 0.29) is 5.41 Å². The lowest BCUT2D eigenvalue weighted by molar-refractivity contribution is 0.669. The molecule has 258 valence electrons. The minimum atomic E-state index is -0.306. The fourth-order valence-corrected chi connectivity index (χ4v) is 8.96. The summed E-state index contributed by atoms with van der Waals surface area (Å²) in [5, 5.41) is 4.66. The van der Waals surface area contributed by atoms with E-state index < -0.39 is 0 Å². The molecule has 0 aliphatic heterocycles. The average Bonchev–Trinajstić information content (AvgIpc) is 3.78. The molecule has 0 fully saturated rings. The largest absolute Gasteiger partial charge is 0.456 e. The van der Waals surface area contributed by atoms with Crippen LogP contribution in [0.5, 0.6) is 0 Å². The van der Waals surface area contributed by atoms with Crippen molar-refractivity contribution in [3.8, 4) is 56.2 Å². The zero-order valence-electron chi connectivity index (χ0n) is 30.2. The Kier molecular flexibility index (Phi) is 6.99. The van der Waals surface area contributed by atoms with Crippen molar-refractivity contribution < 1.29 is 4.42 Å². The first-order valence-electron chi connectivity index (χ1n) is 18.8. The summed E-state index contributed by atoms with van der Waals surface area (Å²) in [4.78, 5) is 10.6. The number of aromatic nitrogens is 2. The summed E-state index contributed by atoms with van der Waals surface area (Å²) < 4.78 is 6.45. The maximum absolute atomic E-state index is 6.45. The summed E-state index contributed by atoms with van der Waals surface area (Å²) in [7, 11) is 0. The van der Waals surface area contributed by atoms with Crippen molar-refractivity contribution in [3.63, 3.8) is 0 Å². The van der Waals surface area contributed by atoms with E-state index in [1.165, 1.54) is 38.6 Å². The normalized spacial score (nSPS) is 14.7. The minimum Gasteiger partial charge on any atom is -0.456 e. The molecule has 55 heavy (non-hydrogen) atoms. The van der Waals surface area contributed by atoms with Crippen LogP contribution in [0.3, 0.4) is 0 Å². The number of benzene rings is 8. The molecule has 0 spiro atoms. The van der Waals surface area contributed by atoms with Crippen molar-refractivity contribution >= 4 is 32.7 Å². The molecule has 1 unspecified atom stereocenters. The Hall–Kier alpha value is -7.10. The number of hydrogen-bond donors (Lipinski definition) is 0. The van der Waals surface area contributed by atoms with E-state index in [0.29, 0.717) is 5.82 Å². The zero-order chi connectivity index (χ0) is 36.5. The molecule has 2 heterocycles. The second-order valence-electron chi connectivity index (χ2n) is 14.6. The predicted molar refractivity (Wildman–Crippen MR) is 226 cm³/mol. The summed E-state index contributed by atoms with van der Waals surface area (Å²) in [6, 6.07) is 66.8. The maximum Gasteiger partial charge on any atom is 0.160 e. The molecular formula is C52H34N2O. The quantitative estimate of drug-likeness (QED) is 0.179. The van der Waals surface area contributed by atoms with E-state index in [9.17, 15) is 0 Å². The minimum absolute atomic E-state index is 0.306. The van der Waals surface area contributed by atoms with Crippen LogP contribution >= 0.6 is 0 Å². The third-order valence-corrected chi connectivity index (χ3v) is 11.6. The standard InChI is InChI=1S/C52H34N2O/c1-52(37-20-6-3-7-21-37)42-26-11-10-23-40(42)48-41(25-13-27-43(48)52)45-32-44(53-51(54-45)34-16-4-2-5-17-34)36-19-12-18-35(31-36)39-24-14-28-46-50(39)49-38-22-9-8-15-33(38)29-30-47(49)55-46/h2-32H,1H3. The smallest absolute Gasteiger partial charge is 0.160 e. The molecule has 0 radical (unpaired) electrons. The summed E-state index contributed by atoms with van der Waals surface area (Å²) in [6.07, 6.45) is 0. The zero-order valence-corrected chi connectivity index (χ0v) is 30.2. The van der Waals surface area contributed by atoms with Gasteiger partial charge < -0.3 is 4.42 Å². The molecule has 0 bridgehead atoms. The van der Waals surface area contributed by atoms with Gasteiger partial charge in [-0.3, -0.25) is 0 Å². The van der Waals surface area contributed by atoms with Crippen LogP contribution < -0.4 is 0 Å². The van der Waals surface area contributed by atoms with Gasteiger partial charge in [-0.1, -0.05) is 164 Å². The van der Waals surface area contributed by atoms with Gasteiger partial charge in [-0.2, -0.15) is 0 Å². The number of furan rings is 1. The van der Waals surface area contributed by atoms with Gasteiger partial charge in [0.15, 0.2) is 5.82 Å². The molecule has 0 saturated carbocycles. The molecule has 3 heteroatoms. The van der Waals surface area contributed by atoms with Crippen LogP contribution in [-0.2, 0) is 5.41 Å². The molecule has 8 aromatic carbocycles. The summed E-state index contributed by atoms with van der Waals surface area (Å²) in [6.45, 7) is 2.36. The van der Waals surface area contributed by atoms with Crippen molar-refractivity contribution in [2.24, 2.45) is 0 Å². The van der Waals surface area contributed by atoms with Crippen molar-refractivity contribution in [2.45, 2.75) is 12.3 Å². The van der Waals surface area contributed by atoms with Crippen LogP contribution in [0.2, 0.25) is 0 Å². The molecular weight excluding hydrogens is 669 g/mol. The summed E-state index contributed by atoms with van der Waals surface area (Å²) in [5.74, 6) is 0.697. The highest BCUT2D eigenvalue weighted by Crippen LogP contribution is 2.55. The first-order chi connectivity index (χ1) is 27.1. The molecule has 2 aromatic heterocycles. The van der Waals surface area contributed by atoms with E-state index in [2.05, 4.69) is 177 Å². The van der Waals surface area contributed by atoms with Gasteiger partial charge in [0.05, 0.1) is 11.4 Å². The molecule has 1 atom stereocenters. The molecule has 11 rings (SSSR count). The lowest BCUT2D eigenvalue weighted by Gasteiger charge is -2.28. The number of fused-ring (bicyclic) bond motifs is 8. The van der Waals surface area contributed by atoms with Crippen LogP contribution in [-0.4, -0.2) is 9.97 Å². The Bertz CT molecular complexity index is 3110. The van der Waals surface area contributed by atoms with E-state index in [1.807, 2.05) is 18.2 Å². The van der Waals surface area contributed by atoms with Crippen LogP contribution in [0.4, 0.5) is 0 Å². The first kappa shape index (κ1) is 31.4. The van der Waals surface area contributed by atoms with Crippen molar-refractivity contribution in [1.29, 1.82) is 0 Å². The van der Waals surface area contributed by atoms with Crippen molar-refractivity contribution in [1.82, 2.24) is 9.97 Å². The Morgan fingerprint density at radius 2 is 1.07 bits per heavy atom. The molecule has 0 N–H and O–H groups in total. The van der Waals surface area contributed by atoms with Crippen LogP contribution in [0.25, 0.3) is 88.9 Å². The number of hydrogen-bond acceptors (Lipinski definition) is 3. The Morgan fingerprint density at radius 1 is 0.436 bits per heavy atom. The molecule has 3 nitrogen and oxygen atoms in total. The summed E-state index contributed by atoms with van der Waals surface area (Å²) >= 11 is 0. The monoisotopic (exact) mass is 702 g/mol. The van der Waals surface area contributed by atoms with Crippen LogP contribution in [0.1, 0.15) is 23.6 Å². The summed E-state index contributed by atoms with van der Waals surface area (Å²) in [5.41, 5.74) is 14.9. The van der Waals surface area contributed by atoms with E-state index >= 15 is 0 Å². The molecule has 1 aliphatic carbocycles. The molecule has 0 amide bonds. The lowest BCUT2D eigenvalue weighted by atomic mass is 9.74. The van der Waals surface area contributed by atoms with Gasteiger partial charge in [-0.15, -0.1) is 0 Å². The fourth-order valence-electron chi connectivity index (χ4n) is 8.96. The Morgan fingerprint density at radius 3 is 1.96 bits per heavy atom. The van der Waals surface area contributed by atoms with Gasteiger partial charge in [-0.05, 0) is 80.9 Å². The Labute approximate surface area is 319 Å². The lowest BCUT2D eigenvalue weighted by Crippen LogP contribution is -2.22. The third-order valence-electron chi connectivity index (χ3n) is 11.6. The first-order valence-corrected chi connectivity index (χ1v) is 18.8. The average molecular weight is 703 g/mol. The van der Waals surface area contributed by atoms with Crippen molar-refractivity contribution in [3.05, 3.63) is 205 Å². The van der Waals surface area contributed by atoms with E-state index in [0.717, 1.165) is 61.1 Å². The predicted octanol–water partition coefficient (Wildman–Crippen LogP) is 13.5. The van der Waals surface area contributed by atoms with E-state index in [4.69, 9.17) is 14.4 Å². The van der Waals surface area contributed by atoms with E-state index in [1.54, 1.807) is 0 Å². The highest BCUT2D eigenvalue weighted by molar-refractivity contribution is 6.22. The van der Waals surface area contributed by atoms with Gasteiger partial charge >= 0.3 is 0 Å². The highest BCUT2D eigenvalue weighted by atomic mass is 16.3. The number of nitrogens with zero attached hydrogens (tertiary/aromatic N) is 2. The SMILES string of the molecule is CC1(c2ccccc2)c2ccccc2-c2c(-c3cc(-c4cccc(-c5cccc6oc7ccc8ccccc8c7c56)c4)nc(-c4ccccc4)n3)cccc21. The topological polar surface area (TPSA) is 38.9 Å². The van der Waals surface area contributed by atoms with Crippen LogP contribution in [0, 0.1) is 0 Å². The Balaban J connectivity index is 1.12. The second-order valence-corrected chi connectivity index (χ2v) is 14.6. The maximum atomic E-state index is 6.45. The second kappa shape index (κ2) is 12.2.